The van der Waals surface area contributed by atoms with E-state index in [9.17, 15) is 9.59 Å². The van der Waals surface area contributed by atoms with Gasteiger partial charge in [0.15, 0.2) is 0 Å². The zero-order chi connectivity index (χ0) is 14.5. The number of hydrogen-bond donors (Lipinski definition) is 2. The Bertz CT molecular complexity index is 484. The molecular weight excluding hydrogens is 256 g/mol. The number of nitrogens with zero attached hydrogens (tertiary/aromatic N) is 1. The molecule has 0 bridgehead atoms. The highest BCUT2D eigenvalue weighted by Gasteiger charge is 2.27. The highest BCUT2D eigenvalue weighted by atomic mass is 16.4. The van der Waals surface area contributed by atoms with Crippen LogP contribution >= 0.6 is 0 Å². The summed E-state index contributed by atoms with van der Waals surface area (Å²) in [7, 11) is 0. The summed E-state index contributed by atoms with van der Waals surface area (Å²) >= 11 is 0. The lowest BCUT2D eigenvalue weighted by atomic mass is 9.97. The first-order valence-corrected chi connectivity index (χ1v) is 6.96. The van der Waals surface area contributed by atoms with Gasteiger partial charge in [0.2, 0.25) is 0 Å². The van der Waals surface area contributed by atoms with Gasteiger partial charge in [-0.05, 0) is 49.9 Å². The zero-order valence-electron chi connectivity index (χ0n) is 11.4. The minimum absolute atomic E-state index is 0.0277. The monoisotopic (exact) mass is 276 g/mol. The highest BCUT2D eigenvalue weighted by molar-refractivity contribution is 5.94. The van der Waals surface area contributed by atoms with Crippen molar-refractivity contribution in [1.29, 1.82) is 0 Å². The minimum Gasteiger partial charge on any atom is -0.481 e. The van der Waals surface area contributed by atoms with Crippen LogP contribution in [0.15, 0.2) is 24.3 Å². The smallest absolute Gasteiger partial charge is 0.303 e. The first-order chi connectivity index (χ1) is 9.58. The van der Waals surface area contributed by atoms with Crippen LogP contribution in [-0.2, 0) is 4.79 Å². The van der Waals surface area contributed by atoms with E-state index in [4.69, 9.17) is 10.8 Å². The van der Waals surface area contributed by atoms with Crippen molar-refractivity contribution in [3.8, 4) is 0 Å². The number of hydrogen-bond acceptors (Lipinski definition) is 3. The van der Waals surface area contributed by atoms with Gasteiger partial charge in [-0.2, -0.15) is 0 Å². The van der Waals surface area contributed by atoms with Crippen molar-refractivity contribution < 1.29 is 14.7 Å². The molecule has 3 N–H and O–H groups in total. The van der Waals surface area contributed by atoms with Gasteiger partial charge < -0.3 is 15.7 Å². The number of likely N-dealkylation sites (tertiary alicyclic amines) is 1. The first kappa shape index (κ1) is 14.4. The number of anilines is 1. The molecule has 1 aliphatic heterocycles. The van der Waals surface area contributed by atoms with E-state index in [1.165, 1.54) is 0 Å². The molecule has 108 valence electrons. The van der Waals surface area contributed by atoms with E-state index in [0.29, 0.717) is 24.2 Å². The fraction of sp³-hybridized carbons (Fsp3) is 0.467. The van der Waals surface area contributed by atoms with Crippen molar-refractivity contribution in [2.45, 2.75) is 38.1 Å². The van der Waals surface area contributed by atoms with Crippen molar-refractivity contribution in [3.63, 3.8) is 0 Å². The van der Waals surface area contributed by atoms with E-state index in [-0.39, 0.29) is 18.4 Å². The van der Waals surface area contributed by atoms with Gasteiger partial charge >= 0.3 is 5.97 Å². The highest BCUT2D eigenvalue weighted by Crippen LogP contribution is 2.23. The number of carbonyl (C=O) groups excluding carboxylic acids is 1. The van der Waals surface area contributed by atoms with Crippen LogP contribution < -0.4 is 5.73 Å². The Morgan fingerprint density at radius 3 is 2.60 bits per heavy atom. The van der Waals surface area contributed by atoms with Gasteiger partial charge in [-0.15, -0.1) is 0 Å². The predicted octanol–water partition coefficient (Wildman–Crippen LogP) is 2.13. The lowest BCUT2D eigenvalue weighted by molar-refractivity contribution is -0.137. The summed E-state index contributed by atoms with van der Waals surface area (Å²) in [6, 6.07) is 6.90. The molecule has 1 saturated heterocycles. The largest absolute Gasteiger partial charge is 0.481 e. The van der Waals surface area contributed by atoms with E-state index >= 15 is 0 Å². The Morgan fingerprint density at radius 2 is 1.95 bits per heavy atom. The molecule has 1 fully saturated rings. The van der Waals surface area contributed by atoms with Crippen LogP contribution in [0.3, 0.4) is 0 Å². The molecule has 0 saturated carbocycles. The summed E-state index contributed by atoms with van der Waals surface area (Å²) in [5.41, 5.74) is 6.86. The van der Waals surface area contributed by atoms with Crippen molar-refractivity contribution in [2.24, 2.45) is 0 Å². The summed E-state index contributed by atoms with van der Waals surface area (Å²) in [4.78, 5) is 25.0. The van der Waals surface area contributed by atoms with Gasteiger partial charge in [-0.25, -0.2) is 0 Å². The fourth-order valence-corrected chi connectivity index (χ4v) is 2.65. The molecule has 0 spiro atoms. The SMILES string of the molecule is Nc1ccc(C(=O)N2CCCCC2CCC(=O)O)cc1. The number of nitrogens with two attached hydrogens (primary N) is 1. The molecule has 1 aromatic carbocycles. The van der Waals surface area contributed by atoms with Crippen molar-refractivity contribution in [1.82, 2.24) is 4.90 Å². The molecule has 1 aliphatic rings. The number of carbonyl (C=O) groups is 2. The Balaban J connectivity index is 2.08. The van der Waals surface area contributed by atoms with Crippen LogP contribution in [-0.4, -0.2) is 34.5 Å². The Morgan fingerprint density at radius 1 is 1.25 bits per heavy atom. The second kappa shape index (κ2) is 6.41. The molecule has 0 aromatic heterocycles. The molecular formula is C15H20N2O3. The minimum atomic E-state index is -0.810. The number of carboxylic acid groups (broad SMARTS) is 1. The van der Waals surface area contributed by atoms with Crippen molar-refractivity contribution >= 4 is 17.6 Å². The summed E-state index contributed by atoms with van der Waals surface area (Å²) in [5, 5.41) is 8.80. The topological polar surface area (TPSA) is 83.6 Å². The third-order valence-electron chi connectivity index (χ3n) is 3.74. The van der Waals surface area contributed by atoms with Gasteiger partial charge in [0, 0.05) is 30.3 Å². The van der Waals surface area contributed by atoms with Gasteiger partial charge in [-0.1, -0.05) is 0 Å². The molecule has 0 radical (unpaired) electrons. The van der Waals surface area contributed by atoms with E-state index in [1.54, 1.807) is 24.3 Å². The molecule has 1 amide bonds. The Hall–Kier alpha value is -2.04. The van der Waals surface area contributed by atoms with Gasteiger partial charge in [-0.3, -0.25) is 9.59 Å². The normalized spacial score (nSPS) is 18.8. The molecule has 1 aromatic rings. The van der Waals surface area contributed by atoms with Crippen LogP contribution in [0.5, 0.6) is 0 Å². The van der Waals surface area contributed by atoms with Crippen LogP contribution in [0.25, 0.3) is 0 Å². The first-order valence-electron chi connectivity index (χ1n) is 6.96. The summed E-state index contributed by atoms with van der Waals surface area (Å²) in [6.07, 6.45) is 3.54. The number of amides is 1. The van der Waals surface area contributed by atoms with Crippen LogP contribution in [0.2, 0.25) is 0 Å². The van der Waals surface area contributed by atoms with E-state index < -0.39 is 5.97 Å². The van der Waals surface area contributed by atoms with Gasteiger partial charge in [0.05, 0.1) is 0 Å². The number of aliphatic carboxylic acids is 1. The van der Waals surface area contributed by atoms with Gasteiger partial charge in [0.1, 0.15) is 0 Å². The molecule has 2 rings (SSSR count). The molecule has 1 unspecified atom stereocenters. The van der Waals surface area contributed by atoms with E-state index in [2.05, 4.69) is 0 Å². The fourth-order valence-electron chi connectivity index (χ4n) is 2.65. The maximum atomic E-state index is 12.5. The number of rotatable bonds is 4. The second-order valence-corrected chi connectivity index (χ2v) is 5.20. The Labute approximate surface area is 118 Å². The van der Waals surface area contributed by atoms with Crippen molar-refractivity contribution in [2.75, 3.05) is 12.3 Å². The van der Waals surface area contributed by atoms with E-state index in [1.807, 2.05) is 4.90 Å². The Kier molecular flexibility index (Phi) is 4.61. The molecule has 20 heavy (non-hydrogen) atoms. The third kappa shape index (κ3) is 3.50. The molecule has 5 nitrogen and oxygen atoms in total. The summed E-state index contributed by atoms with van der Waals surface area (Å²) < 4.78 is 0. The number of carboxylic acids is 1. The molecule has 5 heteroatoms. The van der Waals surface area contributed by atoms with Crippen LogP contribution in [0, 0.1) is 0 Å². The number of piperidine rings is 1. The molecule has 1 heterocycles. The second-order valence-electron chi connectivity index (χ2n) is 5.20. The molecule has 0 aliphatic carbocycles. The summed E-state index contributed by atoms with van der Waals surface area (Å²) in [6.45, 7) is 0.702. The van der Waals surface area contributed by atoms with E-state index in [0.717, 1.165) is 19.3 Å². The summed E-state index contributed by atoms with van der Waals surface area (Å²) in [5.74, 6) is -0.837. The van der Waals surface area contributed by atoms with Crippen LogP contribution in [0.1, 0.15) is 42.5 Å². The number of benzene rings is 1. The molecule has 1 atom stereocenters. The lowest BCUT2D eigenvalue weighted by Gasteiger charge is -2.35. The maximum absolute atomic E-state index is 12.5. The number of nitrogen functional groups attached to an aromatic ring is 1. The lowest BCUT2D eigenvalue weighted by Crippen LogP contribution is -2.43. The standard InChI is InChI=1S/C15H20N2O3/c16-12-6-4-11(5-7-12)15(20)17-10-2-1-3-13(17)8-9-14(18)19/h4-7,13H,1-3,8-10,16H2,(H,18,19). The van der Waals surface area contributed by atoms with Crippen LogP contribution in [0.4, 0.5) is 5.69 Å². The average molecular weight is 276 g/mol. The van der Waals surface area contributed by atoms with Gasteiger partial charge in [0.25, 0.3) is 5.91 Å². The maximum Gasteiger partial charge on any atom is 0.303 e. The zero-order valence-corrected chi connectivity index (χ0v) is 11.4. The quantitative estimate of drug-likeness (QED) is 0.825. The van der Waals surface area contributed by atoms with Crippen molar-refractivity contribution in [3.05, 3.63) is 29.8 Å². The average Bonchev–Trinajstić information content (AvgIpc) is 2.45. The third-order valence-corrected chi connectivity index (χ3v) is 3.74. The predicted molar refractivity (Wildman–Crippen MR) is 76.4 cm³/mol.